The Balaban J connectivity index is 1.64. The van der Waals surface area contributed by atoms with Crippen molar-refractivity contribution in [2.24, 2.45) is 0 Å². The number of ether oxygens (including phenoxy) is 1. The number of benzene rings is 2. The zero-order valence-electron chi connectivity index (χ0n) is 14.0. The van der Waals surface area contributed by atoms with Crippen molar-refractivity contribution in [2.75, 3.05) is 23.0 Å². The fraction of sp³-hybridized carbons (Fsp3) is 0.235. The second-order valence-corrected chi connectivity index (χ2v) is 7.62. The molecule has 3 N–H and O–H groups in total. The van der Waals surface area contributed by atoms with Crippen LogP contribution in [-0.2, 0) is 4.79 Å². The molecule has 142 valence electrons. The number of hydrogen-bond acceptors (Lipinski definition) is 7. The van der Waals surface area contributed by atoms with Crippen LogP contribution < -0.4 is 15.4 Å². The topological polar surface area (TPSA) is 114 Å². The van der Waals surface area contributed by atoms with E-state index in [0.29, 0.717) is 34.5 Å². The lowest BCUT2D eigenvalue weighted by Crippen LogP contribution is -2.41. The highest BCUT2D eigenvalue weighted by Crippen LogP contribution is 2.43. The minimum Gasteiger partial charge on any atom is -0.493 e. The molecule has 2 aromatic rings. The summed E-state index contributed by atoms with van der Waals surface area (Å²) >= 11 is 7.16. The van der Waals surface area contributed by atoms with E-state index in [-0.39, 0.29) is 12.1 Å². The summed E-state index contributed by atoms with van der Waals surface area (Å²) in [4.78, 5) is 20.8. The number of aliphatic carboxylic acids is 1. The SMILES string of the molecule is O=C(O)CC1(SCCOc2ccc(Cl)cc2)Nc2ccc([N+](=O)[O-])cc2N1. The molecule has 8 nitrogen and oxygen atoms in total. The van der Waals surface area contributed by atoms with Crippen LogP contribution in [0.2, 0.25) is 5.02 Å². The van der Waals surface area contributed by atoms with Crippen molar-refractivity contribution in [1.29, 1.82) is 0 Å². The van der Waals surface area contributed by atoms with E-state index in [1.165, 1.54) is 23.9 Å². The Morgan fingerprint density at radius 3 is 2.59 bits per heavy atom. The lowest BCUT2D eigenvalue weighted by atomic mass is 10.2. The number of nitrogens with one attached hydrogen (secondary N) is 2. The van der Waals surface area contributed by atoms with Crippen LogP contribution in [0.25, 0.3) is 0 Å². The monoisotopic (exact) mass is 409 g/mol. The van der Waals surface area contributed by atoms with Gasteiger partial charge in [-0.2, -0.15) is 0 Å². The first kappa shape index (κ1) is 19.1. The fourth-order valence-corrected chi connectivity index (χ4v) is 3.89. The molecule has 1 atom stereocenters. The quantitative estimate of drug-likeness (QED) is 0.340. The summed E-state index contributed by atoms with van der Waals surface area (Å²) < 4.78 is 5.63. The van der Waals surface area contributed by atoms with E-state index < -0.39 is 15.9 Å². The first-order valence-corrected chi connectivity index (χ1v) is 9.32. The van der Waals surface area contributed by atoms with E-state index in [1.807, 2.05) is 0 Å². The van der Waals surface area contributed by atoms with Gasteiger partial charge in [0.05, 0.1) is 29.3 Å². The van der Waals surface area contributed by atoms with Crippen LogP contribution in [-0.4, -0.2) is 33.4 Å². The maximum atomic E-state index is 11.3. The first-order valence-electron chi connectivity index (χ1n) is 7.96. The Hall–Kier alpha value is -2.65. The number of anilines is 2. The molecule has 3 rings (SSSR count). The number of thioether (sulfide) groups is 1. The normalized spacial score (nSPS) is 17.5. The summed E-state index contributed by atoms with van der Waals surface area (Å²) in [5.41, 5.74) is 1.05. The second-order valence-electron chi connectivity index (χ2n) is 5.79. The molecule has 0 amide bonds. The number of nitro benzene ring substituents is 1. The van der Waals surface area contributed by atoms with Gasteiger partial charge in [0.1, 0.15) is 5.75 Å². The van der Waals surface area contributed by atoms with Gasteiger partial charge < -0.3 is 20.5 Å². The molecule has 1 unspecified atom stereocenters. The molecule has 10 heteroatoms. The average molecular weight is 410 g/mol. The number of nitrogens with zero attached hydrogens (tertiary/aromatic N) is 1. The van der Waals surface area contributed by atoms with E-state index in [4.69, 9.17) is 16.3 Å². The largest absolute Gasteiger partial charge is 0.493 e. The smallest absolute Gasteiger partial charge is 0.308 e. The molecule has 0 radical (unpaired) electrons. The maximum absolute atomic E-state index is 11.3. The summed E-state index contributed by atoms with van der Waals surface area (Å²) in [6.45, 7) is 0.355. The van der Waals surface area contributed by atoms with E-state index in [2.05, 4.69) is 10.6 Å². The summed E-state index contributed by atoms with van der Waals surface area (Å²) in [5.74, 6) is 0.161. The number of nitro groups is 1. The van der Waals surface area contributed by atoms with Gasteiger partial charge in [-0.3, -0.25) is 14.9 Å². The van der Waals surface area contributed by atoms with Crippen molar-refractivity contribution in [2.45, 2.75) is 11.4 Å². The van der Waals surface area contributed by atoms with Gasteiger partial charge in [0.25, 0.3) is 5.69 Å². The fourth-order valence-electron chi connectivity index (χ4n) is 2.66. The highest BCUT2D eigenvalue weighted by molar-refractivity contribution is 8.00. The molecule has 0 bridgehead atoms. The molecule has 2 aromatic carbocycles. The van der Waals surface area contributed by atoms with Gasteiger partial charge in [0, 0.05) is 22.9 Å². The average Bonchev–Trinajstić information content (AvgIpc) is 2.96. The summed E-state index contributed by atoms with van der Waals surface area (Å²) in [6.07, 6.45) is -0.221. The highest BCUT2D eigenvalue weighted by Gasteiger charge is 2.39. The number of carboxylic acids is 1. The Morgan fingerprint density at radius 1 is 1.22 bits per heavy atom. The zero-order valence-corrected chi connectivity index (χ0v) is 15.5. The third kappa shape index (κ3) is 4.75. The number of rotatable bonds is 8. The third-order valence-electron chi connectivity index (χ3n) is 3.80. The first-order chi connectivity index (χ1) is 12.9. The second kappa shape index (κ2) is 7.93. The lowest BCUT2D eigenvalue weighted by molar-refractivity contribution is -0.384. The minimum atomic E-state index is -1.01. The van der Waals surface area contributed by atoms with Crippen molar-refractivity contribution in [3.05, 3.63) is 57.6 Å². The molecule has 0 aliphatic carbocycles. The van der Waals surface area contributed by atoms with Gasteiger partial charge in [-0.05, 0) is 30.3 Å². The number of carboxylic acid groups (broad SMARTS) is 1. The van der Waals surface area contributed by atoms with Crippen LogP contribution in [0.3, 0.4) is 0 Å². The molecule has 27 heavy (non-hydrogen) atoms. The van der Waals surface area contributed by atoms with E-state index >= 15 is 0 Å². The number of halogens is 1. The van der Waals surface area contributed by atoms with Crippen molar-refractivity contribution in [3.8, 4) is 5.75 Å². The molecule has 1 aliphatic heterocycles. The van der Waals surface area contributed by atoms with Crippen molar-refractivity contribution < 1.29 is 19.6 Å². The van der Waals surface area contributed by atoms with E-state index in [0.717, 1.165) is 0 Å². The van der Waals surface area contributed by atoms with Gasteiger partial charge in [-0.1, -0.05) is 11.6 Å². The van der Waals surface area contributed by atoms with Crippen LogP contribution in [0.1, 0.15) is 6.42 Å². The Kier molecular flexibility index (Phi) is 5.62. The summed E-state index contributed by atoms with van der Waals surface area (Å²) in [5, 5.41) is 27.0. The van der Waals surface area contributed by atoms with Gasteiger partial charge >= 0.3 is 5.97 Å². The molecule has 0 saturated heterocycles. The molecule has 1 heterocycles. The Morgan fingerprint density at radius 2 is 1.93 bits per heavy atom. The molecule has 0 spiro atoms. The standard InChI is InChI=1S/C17H16ClN3O5S/c18-11-1-4-13(5-2-11)26-7-8-27-17(10-16(22)23)19-14-6-3-12(21(24)25)9-15(14)20-17/h1-6,9,19-20H,7-8,10H2,(H,22,23). The van der Waals surface area contributed by atoms with Gasteiger partial charge in [-0.25, -0.2) is 0 Å². The maximum Gasteiger partial charge on any atom is 0.308 e. The van der Waals surface area contributed by atoms with Crippen LogP contribution in [0, 0.1) is 10.1 Å². The van der Waals surface area contributed by atoms with Crippen LogP contribution in [0.4, 0.5) is 17.1 Å². The van der Waals surface area contributed by atoms with Gasteiger partial charge in [0.2, 0.25) is 0 Å². The zero-order chi connectivity index (χ0) is 19.4. The minimum absolute atomic E-state index is 0.0646. The van der Waals surface area contributed by atoms with Crippen LogP contribution in [0.5, 0.6) is 5.75 Å². The molecular formula is C17H16ClN3O5S. The van der Waals surface area contributed by atoms with Crippen LogP contribution in [0.15, 0.2) is 42.5 Å². The van der Waals surface area contributed by atoms with Crippen molar-refractivity contribution in [3.63, 3.8) is 0 Å². The predicted molar refractivity (Wildman–Crippen MR) is 105 cm³/mol. The molecular weight excluding hydrogens is 394 g/mol. The van der Waals surface area contributed by atoms with Crippen LogP contribution >= 0.6 is 23.4 Å². The molecule has 0 saturated carbocycles. The van der Waals surface area contributed by atoms with E-state index in [9.17, 15) is 20.0 Å². The number of carbonyl (C=O) groups is 1. The molecule has 0 aromatic heterocycles. The predicted octanol–water partition coefficient (Wildman–Crippen LogP) is 4.03. The van der Waals surface area contributed by atoms with Crippen molar-refractivity contribution in [1.82, 2.24) is 0 Å². The lowest BCUT2D eigenvalue weighted by Gasteiger charge is -2.28. The summed E-state index contributed by atoms with van der Waals surface area (Å²) in [6, 6.07) is 11.3. The van der Waals surface area contributed by atoms with E-state index in [1.54, 1.807) is 30.3 Å². The summed E-state index contributed by atoms with van der Waals surface area (Å²) in [7, 11) is 0. The number of non-ortho nitro benzene ring substituents is 1. The Labute approximate surface area is 164 Å². The van der Waals surface area contributed by atoms with Gasteiger partial charge in [0.15, 0.2) is 4.99 Å². The number of hydrogen-bond donors (Lipinski definition) is 3. The number of fused-ring (bicyclic) bond motifs is 1. The van der Waals surface area contributed by atoms with Crippen molar-refractivity contribution >= 4 is 46.4 Å². The third-order valence-corrected chi connectivity index (χ3v) is 5.27. The Bertz CT molecular complexity index is 864. The molecule has 0 fully saturated rings. The molecule has 1 aliphatic rings. The van der Waals surface area contributed by atoms with Gasteiger partial charge in [-0.15, -0.1) is 11.8 Å². The highest BCUT2D eigenvalue weighted by atomic mass is 35.5.